The van der Waals surface area contributed by atoms with E-state index in [9.17, 15) is 9.59 Å². The van der Waals surface area contributed by atoms with Crippen molar-refractivity contribution in [2.75, 3.05) is 11.9 Å². The number of carbonyl (C=O) groups is 1. The van der Waals surface area contributed by atoms with Crippen LogP contribution < -0.4 is 15.6 Å². The number of rotatable bonds is 8. The number of fused-ring (bicyclic) bond motifs is 1. The molecule has 1 amide bonds. The Labute approximate surface area is 205 Å². The second-order valence-corrected chi connectivity index (χ2v) is 8.28. The summed E-state index contributed by atoms with van der Waals surface area (Å²) in [5, 5.41) is 4.04. The third-order valence-electron chi connectivity index (χ3n) is 4.98. The maximum atomic E-state index is 12.9. The quantitative estimate of drug-likeness (QED) is 0.305. The van der Waals surface area contributed by atoms with E-state index in [0.29, 0.717) is 52.0 Å². The second kappa shape index (κ2) is 11.0. The van der Waals surface area contributed by atoms with E-state index >= 15 is 0 Å². The summed E-state index contributed by atoms with van der Waals surface area (Å²) in [4.78, 5) is 29.4. The lowest BCUT2D eigenvalue weighted by Gasteiger charge is -2.11. The molecule has 34 heavy (non-hydrogen) atoms. The predicted octanol–water partition coefficient (Wildman–Crippen LogP) is 5.92. The lowest BCUT2D eigenvalue weighted by Crippen LogP contribution is -2.22. The minimum Gasteiger partial charge on any atom is -0.492 e. The molecule has 1 N–H and O–H groups in total. The van der Waals surface area contributed by atoms with Crippen LogP contribution in [-0.2, 0) is 17.9 Å². The third kappa shape index (κ3) is 6.07. The van der Waals surface area contributed by atoms with E-state index in [-0.39, 0.29) is 12.2 Å². The van der Waals surface area contributed by atoms with Gasteiger partial charge in [-0.3, -0.25) is 14.7 Å². The van der Waals surface area contributed by atoms with E-state index in [1.54, 1.807) is 36.4 Å². The van der Waals surface area contributed by atoms with Gasteiger partial charge in [-0.25, -0.2) is 9.78 Å². The molecule has 4 rings (SSSR count). The Balaban J connectivity index is 1.37. The number of benzene rings is 3. The lowest BCUT2D eigenvalue weighted by molar-refractivity contribution is 0.155. The number of anilines is 1. The zero-order valence-corrected chi connectivity index (χ0v) is 19.6. The van der Waals surface area contributed by atoms with Crippen LogP contribution in [-0.4, -0.2) is 22.3 Å². The number of carbonyl (C=O) groups excluding carboxylic acids is 1. The predicted molar refractivity (Wildman–Crippen MR) is 133 cm³/mol. The van der Waals surface area contributed by atoms with E-state index in [4.69, 9.17) is 32.7 Å². The van der Waals surface area contributed by atoms with Gasteiger partial charge in [0.2, 0.25) is 0 Å². The molecule has 7 nitrogen and oxygen atoms in total. The molecule has 0 atom stereocenters. The molecule has 0 saturated heterocycles. The van der Waals surface area contributed by atoms with Crippen LogP contribution in [0.5, 0.6) is 5.75 Å². The Bertz CT molecular complexity index is 1360. The van der Waals surface area contributed by atoms with E-state index in [1.807, 2.05) is 30.3 Å². The summed E-state index contributed by atoms with van der Waals surface area (Å²) in [6.45, 7) is 0.896. The fourth-order valence-corrected chi connectivity index (χ4v) is 3.61. The first kappa shape index (κ1) is 23.6. The minimum absolute atomic E-state index is 0.150. The molecule has 1 heterocycles. The number of aromatic nitrogens is 2. The van der Waals surface area contributed by atoms with Crippen molar-refractivity contribution in [2.45, 2.75) is 19.6 Å². The summed E-state index contributed by atoms with van der Waals surface area (Å²) in [6.07, 6.45) is 1.45. The van der Waals surface area contributed by atoms with Gasteiger partial charge in [0.1, 0.15) is 12.4 Å². The SMILES string of the molecule is O=C(Nc1ccc2ncn(CCCOc3cc(Cl)ccc3Cl)c(=O)c2c1)OCc1ccccc1. The number of amides is 1. The first-order chi connectivity index (χ1) is 16.5. The van der Waals surface area contributed by atoms with Gasteiger partial charge in [-0.05, 0) is 42.3 Å². The fourth-order valence-electron chi connectivity index (χ4n) is 3.28. The van der Waals surface area contributed by atoms with E-state index in [1.165, 1.54) is 10.9 Å². The highest BCUT2D eigenvalue weighted by Crippen LogP contribution is 2.27. The Hall–Kier alpha value is -3.55. The molecule has 0 saturated carbocycles. The lowest BCUT2D eigenvalue weighted by atomic mass is 10.2. The maximum Gasteiger partial charge on any atom is 0.411 e. The van der Waals surface area contributed by atoms with Crippen molar-refractivity contribution in [3.8, 4) is 5.75 Å². The van der Waals surface area contributed by atoms with Crippen LogP contribution in [0.4, 0.5) is 10.5 Å². The number of nitrogens with zero attached hydrogens (tertiary/aromatic N) is 2. The summed E-state index contributed by atoms with van der Waals surface area (Å²) < 4.78 is 12.4. The monoisotopic (exact) mass is 497 g/mol. The highest BCUT2D eigenvalue weighted by Gasteiger charge is 2.09. The Kier molecular flexibility index (Phi) is 7.67. The number of nitrogens with one attached hydrogen (secondary N) is 1. The molecule has 1 aromatic heterocycles. The highest BCUT2D eigenvalue weighted by molar-refractivity contribution is 6.34. The van der Waals surface area contributed by atoms with Crippen LogP contribution in [0.1, 0.15) is 12.0 Å². The Morgan fingerprint density at radius 2 is 1.85 bits per heavy atom. The molecule has 3 aromatic carbocycles. The molecular weight excluding hydrogens is 477 g/mol. The summed E-state index contributed by atoms with van der Waals surface area (Å²) in [5.74, 6) is 0.494. The fraction of sp³-hybridized carbons (Fsp3) is 0.160. The van der Waals surface area contributed by atoms with Gasteiger partial charge in [-0.15, -0.1) is 0 Å². The summed E-state index contributed by atoms with van der Waals surface area (Å²) in [6, 6.07) is 19.3. The molecule has 4 aromatic rings. The number of hydrogen-bond acceptors (Lipinski definition) is 5. The van der Waals surface area contributed by atoms with Gasteiger partial charge < -0.3 is 9.47 Å². The number of halogens is 2. The average Bonchev–Trinajstić information content (AvgIpc) is 2.85. The van der Waals surface area contributed by atoms with Crippen molar-refractivity contribution in [3.63, 3.8) is 0 Å². The standard InChI is InChI=1S/C25H21Cl2N3O4/c26-18-7-9-21(27)23(13-18)33-12-4-11-30-16-28-22-10-8-19(14-20(22)24(30)31)29-25(32)34-15-17-5-2-1-3-6-17/h1-3,5-10,13-14,16H,4,11-12,15H2,(H,29,32). The number of aryl methyl sites for hydroxylation is 1. The molecule has 0 aliphatic rings. The van der Waals surface area contributed by atoms with Gasteiger partial charge in [0.15, 0.2) is 0 Å². The van der Waals surface area contributed by atoms with E-state index in [2.05, 4.69) is 10.3 Å². The van der Waals surface area contributed by atoms with Crippen LogP contribution in [0.15, 0.2) is 77.9 Å². The largest absolute Gasteiger partial charge is 0.492 e. The molecule has 0 spiro atoms. The highest BCUT2D eigenvalue weighted by atomic mass is 35.5. The molecule has 0 unspecified atom stereocenters. The van der Waals surface area contributed by atoms with Crippen molar-refractivity contribution in [1.82, 2.24) is 9.55 Å². The number of ether oxygens (including phenoxy) is 2. The third-order valence-corrected chi connectivity index (χ3v) is 5.52. The molecule has 0 aliphatic heterocycles. The summed E-state index contributed by atoms with van der Waals surface area (Å²) >= 11 is 12.1. The molecule has 0 radical (unpaired) electrons. The van der Waals surface area contributed by atoms with E-state index in [0.717, 1.165) is 5.56 Å². The van der Waals surface area contributed by atoms with Gasteiger partial charge in [0, 0.05) is 23.3 Å². The zero-order chi connectivity index (χ0) is 23.9. The Morgan fingerprint density at radius 1 is 1.03 bits per heavy atom. The van der Waals surface area contributed by atoms with Gasteiger partial charge in [0.05, 0.1) is 28.9 Å². The molecule has 9 heteroatoms. The van der Waals surface area contributed by atoms with Crippen molar-refractivity contribution < 1.29 is 14.3 Å². The normalized spacial score (nSPS) is 10.8. The van der Waals surface area contributed by atoms with Crippen LogP contribution >= 0.6 is 23.2 Å². The second-order valence-electron chi connectivity index (χ2n) is 7.44. The van der Waals surface area contributed by atoms with Crippen LogP contribution in [0.3, 0.4) is 0 Å². The first-order valence-corrected chi connectivity index (χ1v) is 11.3. The minimum atomic E-state index is -0.607. The van der Waals surface area contributed by atoms with Crippen LogP contribution in [0.2, 0.25) is 10.0 Å². The first-order valence-electron chi connectivity index (χ1n) is 10.5. The maximum absolute atomic E-state index is 12.9. The smallest absolute Gasteiger partial charge is 0.411 e. The van der Waals surface area contributed by atoms with Gasteiger partial charge in [0.25, 0.3) is 5.56 Å². The van der Waals surface area contributed by atoms with Crippen molar-refractivity contribution >= 4 is 45.9 Å². The molecule has 0 fully saturated rings. The number of hydrogen-bond donors (Lipinski definition) is 1. The van der Waals surface area contributed by atoms with Crippen LogP contribution in [0, 0.1) is 0 Å². The van der Waals surface area contributed by atoms with Gasteiger partial charge in [-0.2, -0.15) is 0 Å². The van der Waals surface area contributed by atoms with Crippen molar-refractivity contribution in [3.05, 3.63) is 99.0 Å². The molecular formula is C25H21Cl2N3O4. The van der Waals surface area contributed by atoms with Gasteiger partial charge >= 0.3 is 6.09 Å². The van der Waals surface area contributed by atoms with Crippen molar-refractivity contribution in [1.29, 1.82) is 0 Å². The molecule has 174 valence electrons. The van der Waals surface area contributed by atoms with E-state index < -0.39 is 6.09 Å². The van der Waals surface area contributed by atoms with Crippen LogP contribution in [0.25, 0.3) is 10.9 Å². The summed E-state index contributed by atoms with van der Waals surface area (Å²) in [7, 11) is 0. The van der Waals surface area contributed by atoms with Crippen molar-refractivity contribution in [2.24, 2.45) is 0 Å². The zero-order valence-electron chi connectivity index (χ0n) is 18.0. The Morgan fingerprint density at radius 3 is 2.68 bits per heavy atom. The summed E-state index contributed by atoms with van der Waals surface area (Å²) in [5.41, 5.74) is 1.64. The molecule has 0 bridgehead atoms. The van der Waals surface area contributed by atoms with Gasteiger partial charge in [-0.1, -0.05) is 53.5 Å². The molecule has 0 aliphatic carbocycles. The topological polar surface area (TPSA) is 82.5 Å². The average molecular weight is 498 g/mol.